The minimum Gasteiger partial charge on any atom is -0.358 e. The summed E-state index contributed by atoms with van der Waals surface area (Å²) >= 11 is 0. The van der Waals surface area contributed by atoms with Gasteiger partial charge in [0.25, 0.3) is 0 Å². The van der Waals surface area contributed by atoms with E-state index in [1.807, 2.05) is 7.05 Å². The molecule has 2 rings (SSSR count). The molecule has 0 aliphatic carbocycles. The highest BCUT2D eigenvalue weighted by Gasteiger charge is 2.29. The van der Waals surface area contributed by atoms with Crippen LogP contribution >= 0.6 is 0 Å². The fourth-order valence-electron chi connectivity index (χ4n) is 4.20. The Kier molecular flexibility index (Phi) is 10.3. The lowest BCUT2D eigenvalue weighted by Crippen LogP contribution is -2.56. The number of piperidine rings is 1. The van der Waals surface area contributed by atoms with Gasteiger partial charge in [-0.1, -0.05) is 44.2 Å². The molecule has 1 amide bonds. The van der Waals surface area contributed by atoms with Gasteiger partial charge >= 0.3 is 0 Å². The van der Waals surface area contributed by atoms with Crippen LogP contribution in [-0.2, 0) is 4.79 Å². The van der Waals surface area contributed by atoms with Crippen LogP contribution in [0.1, 0.15) is 58.1 Å². The maximum absolute atomic E-state index is 11.6. The van der Waals surface area contributed by atoms with Crippen molar-refractivity contribution in [3.63, 3.8) is 0 Å². The number of carbonyl (C=O) groups excluding carboxylic acids is 1. The van der Waals surface area contributed by atoms with Crippen molar-refractivity contribution >= 4 is 11.9 Å². The molecule has 7 nitrogen and oxygen atoms in total. The number of likely N-dealkylation sites (N-methyl/N-ethyl adjacent to an activating group) is 1. The fraction of sp³-hybridized carbons (Fsp3) is 0.667. The number of nitrogens with zero attached hydrogens (tertiary/aromatic N) is 2. The van der Waals surface area contributed by atoms with Crippen molar-refractivity contribution < 1.29 is 4.79 Å². The fourth-order valence-corrected chi connectivity index (χ4v) is 4.20. The van der Waals surface area contributed by atoms with E-state index >= 15 is 0 Å². The highest BCUT2D eigenvalue weighted by atomic mass is 16.1. The van der Waals surface area contributed by atoms with E-state index in [4.69, 9.17) is 0 Å². The number of hydrogen-bond acceptors (Lipinski definition) is 4. The van der Waals surface area contributed by atoms with Crippen LogP contribution in [0.15, 0.2) is 35.3 Å². The third-order valence-corrected chi connectivity index (χ3v) is 6.57. The van der Waals surface area contributed by atoms with Gasteiger partial charge < -0.3 is 21.3 Å². The van der Waals surface area contributed by atoms with Crippen LogP contribution < -0.4 is 21.3 Å². The number of benzene rings is 1. The predicted molar refractivity (Wildman–Crippen MR) is 129 cm³/mol. The van der Waals surface area contributed by atoms with Gasteiger partial charge in [0, 0.05) is 51.4 Å². The molecule has 0 saturated carbocycles. The molecule has 0 radical (unpaired) electrons. The zero-order chi connectivity index (χ0) is 22.7. The molecule has 0 spiro atoms. The Morgan fingerprint density at radius 1 is 1.19 bits per heavy atom. The smallest absolute Gasteiger partial charge is 0.233 e. The first-order valence-corrected chi connectivity index (χ1v) is 11.7. The van der Waals surface area contributed by atoms with E-state index in [1.54, 1.807) is 7.05 Å². The van der Waals surface area contributed by atoms with Gasteiger partial charge in [0.05, 0.1) is 6.54 Å². The molecule has 1 saturated heterocycles. The molecular weight excluding hydrogens is 388 g/mol. The summed E-state index contributed by atoms with van der Waals surface area (Å²) in [7, 11) is 3.52. The molecule has 1 heterocycles. The molecule has 4 N–H and O–H groups in total. The summed E-state index contributed by atoms with van der Waals surface area (Å²) in [6.45, 7) is 9.86. The normalized spacial score (nSPS) is 17.3. The second kappa shape index (κ2) is 12.7. The molecule has 1 aliphatic rings. The summed E-state index contributed by atoms with van der Waals surface area (Å²) in [4.78, 5) is 18.3. The van der Waals surface area contributed by atoms with Crippen molar-refractivity contribution in [2.45, 2.75) is 64.1 Å². The summed E-state index contributed by atoms with van der Waals surface area (Å²) in [6, 6.07) is 11.3. The van der Waals surface area contributed by atoms with Crippen LogP contribution in [0, 0.1) is 0 Å². The third kappa shape index (κ3) is 7.82. The first-order chi connectivity index (χ1) is 14.9. The van der Waals surface area contributed by atoms with Crippen molar-refractivity contribution in [3.8, 4) is 0 Å². The van der Waals surface area contributed by atoms with Crippen LogP contribution in [0.5, 0.6) is 0 Å². The lowest BCUT2D eigenvalue weighted by molar-refractivity contribution is -0.122. The standard InChI is InChI=1S/C24H42N6O/c1-6-24(7-2,29-19(3)20-11-9-8-10-12-20)18-27-23(26-5)28-21-13-15-30(16-14-21)17-22(31)25-4/h8-12,19,21,29H,6-7,13-18H2,1-5H3,(H,25,31)(H2,26,27,28). The number of hydrogen-bond donors (Lipinski definition) is 4. The molecule has 1 unspecified atom stereocenters. The highest BCUT2D eigenvalue weighted by molar-refractivity contribution is 5.80. The number of carbonyl (C=O) groups is 1. The first kappa shape index (κ1) is 25.1. The molecule has 1 aliphatic heterocycles. The molecular formula is C24H42N6O. The van der Waals surface area contributed by atoms with Gasteiger partial charge in [-0.3, -0.25) is 14.7 Å². The maximum atomic E-state index is 11.6. The number of amides is 1. The molecule has 1 aromatic carbocycles. The molecule has 1 aromatic rings. The van der Waals surface area contributed by atoms with E-state index in [0.717, 1.165) is 51.3 Å². The minimum atomic E-state index is -0.0102. The number of nitrogens with one attached hydrogen (secondary N) is 4. The van der Waals surface area contributed by atoms with E-state index < -0.39 is 0 Å². The zero-order valence-corrected chi connectivity index (χ0v) is 20.0. The molecule has 0 aromatic heterocycles. The zero-order valence-electron chi connectivity index (χ0n) is 20.0. The van der Waals surface area contributed by atoms with Gasteiger partial charge in [-0.25, -0.2) is 0 Å². The first-order valence-electron chi connectivity index (χ1n) is 11.7. The quantitative estimate of drug-likeness (QED) is 0.338. The minimum absolute atomic E-state index is 0.0102. The van der Waals surface area contributed by atoms with Gasteiger partial charge in [-0.2, -0.15) is 0 Å². The lowest BCUT2D eigenvalue weighted by Gasteiger charge is -2.37. The molecule has 7 heteroatoms. The van der Waals surface area contributed by atoms with Crippen LogP contribution in [-0.4, -0.2) is 68.6 Å². The van der Waals surface area contributed by atoms with Crippen molar-refractivity contribution in [2.75, 3.05) is 40.3 Å². The average molecular weight is 431 g/mol. The second-order valence-corrected chi connectivity index (χ2v) is 8.56. The summed E-state index contributed by atoms with van der Waals surface area (Å²) in [5, 5.41) is 13.7. The third-order valence-electron chi connectivity index (χ3n) is 6.57. The number of aliphatic imine (C=N–C) groups is 1. The van der Waals surface area contributed by atoms with Gasteiger partial charge in [0.2, 0.25) is 5.91 Å². The Balaban J connectivity index is 1.87. The molecule has 0 bridgehead atoms. The monoisotopic (exact) mass is 430 g/mol. The highest BCUT2D eigenvalue weighted by Crippen LogP contribution is 2.21. The van der Waals surface area contributed by atoms with Crippen molar-refractivity contribution in [1.82, 2.24) is 26.2 Å². The summed E-state index contributed by atoms with van der Waals surface area (Å²) in [6.07, 6.45) is 4.08. The Morgan fingerprint density at radius 3 is 2.39 bits per heavy atom. The predicted octanol–water partition coefficient (Wildman–Crippen LogP) is 2.27. The summed E-state index contributed by atoms with van der Waals surface area (Å²) < 4.78 is 0. The molecule has 1 fully saturated rings. The number of guanidine groups is 1. The number of rotatable bonds is 10. The van der Waals surface area contributed by atoms with Crippen molar-refractivity contribution in [1.29, 1.82) is 0 Å². The van der Waals surface area contributed by atoms with Gasteiger partial charge in [0.1, 0.15) is 0 Å². The van der Waals surface area contributed by atoms with Crippen LogP contribution in [0.2, 0.25) is 0 Å². The van der Waals surface area contributed by atoms with Crippen LogP contribution in [0.25, 0.3) is 0 Å². The van der Waals surface area contributed by atoms with E-state index in [0.29, 0.717) is 12.6 Å². The Hall–Kier alpha value is -2.12. The average Bonchev–Trinajstić information content (AvgIpc) is 2.82. The van der Waals surface area contributed by atoms with E-state index in [-0.39, 0.29) is 17.5 Å². The largest absolute Gasteiger partial charge is 0.358 e. The Labute approximate surface area is 188 Å². The Morgan fingerprint density at radius 2 is 1.84 bits per heavy atom. The molecule has 1 atom stereocenters. The van der Waals surface area contributed by atoms with E-state index in [2.05, 4.69) is 82.3 Å². The van der Waals surface area contributed by atoms with Crippen molar-refractivity contribution in [3.05, 3.63) is 35.9 Å². The van der Waals surface area contributed by atoms with Gasteiger partial charge in [-0.05, 0) is 38.2 Å². The van der Waals surface area contributed by atoms with E-state index in [9.17, 15) is 4.79 Å². The van der Waals surface area contributed by atoms with Gasteiger partial charge in [-0.15, -0.1) is 0 Å². The second-order valence-electron chi connectivity index (χ2n) is 8.56. The van der Waals surface area contributed by atoms with Crippen molar-refractivity contribution in [2.24, 2.45) is 4.99 Å². The lowest BCUT2D eigenvalue weighted by atomic mass is 9.90. The van der Waals surface area contributed by atoms with E-state index in [1.165, 1.54) is 5.56 Å². The van der Waals surface area contributed by atoms with Crippen LogP contribution in [0.4, 0.5) is 0 Å². The molecule has 31 heavy (non-hydrogen) atoms. The van der Waals surface area contributed by atoms with Gasteiger partial charge in [0.15, 0.2) is 5.96 Å². The SMILES string of the molecule is CCC(CC)(CNC(=NC)NC1CCN(CC(=O)NC)CC1)NC(C)c1ccccc1. The maximum Gasteiger partial charge on any atom is 0.233 e. The summed E-state index contributed by atoms with van der Waals surface area (Å²) in [5.74, 6) is 0.932. The van der Waals surface area contributed by atoms with Crippen LogP contribution in [0.3, 0.4) is 0 Å². The molecule has 174 valence electrons. The summed E-state index contributed by atoms with van der Waals surface area (Å²) in [5.41, 5.74) is 1.30. The number of likely N-dealkylation sites (tertiary alicyclic amines) is 1. The topological polar surface area (TPSA) is 80.8 Å². The Bertz CT molecular complexity index is 681.